The molecule has 2 rings (SSSR count). The van der Waals surface area contributed by atoms with Crippen LogP contribution in [0.1, 0.15) is 18.1 Å². The summed E-state index contributed by atoms with van der Waals surface area (Å²) < 4.78 is 5.36. The lowest BCUT2D eigenvalue weighted by atomic mass is 10.1. The fourth-order valence-corrected chi connectivity index (χ4v) is 2.45. The van der Waals surface area contributed by atoms with Gasteiger partial charge in [0.2, 0.25) is 0 Å². The van der Waals surface area contributed by atoms with Gasteiger partial charge in [0.05, 0.1) is 12.7 Å². The number of hydrogen-bond donors (Lipinski definition) is 1. The molecule has 0 aromatic heterocycles. The van der Waals surface area contributed by atoms with Crippen LogP contribution in [0.2, 0.25) is 5.02 Å². The van der Waals surface area contributed by atoms with Crippen molar-refractivity contribution in [3.05, 3.63) is 34.9 Å². The molecule has 2 atom stereocenters. The summed E-state index contributed by atoms with van der Waals surface area (Å²) in [5.74, 6) is 0.604. The van der Waals surface area contributed by atoms with E-state index in [2.05, 4.69) is 4.90 Å². The normalized spacial score (nSPS) is 21.4. The van der Waals surface area contributed by atoms with Crippen molar-refractivity contribution in [3.8, 4) is 0 Å². The molecule has 18 heavy (non-hydrogen) atoms. The van der Waals surface area contributed by atoms with Crippen molar-refractivity contribution in [1.29, 1.82) is 0 Å². The Morgan fingerprint density at radius 2 is 2.17 bits per heavy atom. The zero-order chi connectivity index (χ0) is 13.0. The molecule has 0 radical (unpaired) electrons. The maximum absolute atomic E-state index is 10.1. The Labute approximate surface area is 113 Å². The Bertz CT molecular complexity index is 363. The first-order valence-electron chi connectivity index (χ1n) is 6.35. The summed E-state index contributed by atoms with van der Waals surface area (Å²) in [5.41, 5.74) is 0.911. The van der Waals surface area contributed by atoms with Gasteiger partial charge in [0.25, 0.3) is 0 Å². The number of halogens is 1. The largest absolute Gasteiger partial charge is 0.387 e. The molecule has 1 heterocycles. The SMILES string of the molecule is CN(CC1CCOC1)CC(O)c1ccc(Cl)cc1. The number of benzene rings is 1. The molecule has 1 aliphatic heterocycles. The van der Waals surface area contributed by atoms with E-state index in [1.165, 1.54) is 0 Å². The quantitative estimate of drug-likeness (QED) is 0.891. The van der Waals surface area contributed by atoms with Crippen LogP contribution in [-0.2, 0) is 4.74 Å². The molecule has 0 bridgehead atoms. The molecule has 1 N–H and O–H groups in total. The van der Waals surface area contributed by atoms with Gasteiger partial charge in [-0.1, -0.05) is 23.7 Å². The van der Waals surface area contributed by atoms with Crippen LogP contribution in [0, 0.1) is 5.92 Å². The Kier molecular flexibility index (Phi) is 5.01. The number of likely N-dealkylation sites (N-methyl/N-ethyl adjacent to an activating group) is 1. The molecule has 100 valence electrons. The third kappa shape index (κ3) is 3.95. The van der Waals surface area contributed by atoms with Crippen LogP contribution >= 0.6 is 11.6 Å². The van der Waals surface area contributed by atoms with Gasteiger partial charge in [0, 0.05) is 24.7 Å². The number of rotatable bonds is 5. The number of aliphatic hydroxyl groups excluding tert-OH is 1. The number of ether oxygens (including phenoxy) is 1. The van der Waals surface area contributed by atoms with Crippen molar-refractivity contribution in [1.82, 2.24) is 4.90 Å². The second kappa shape index (κ2) is 6.53. The Balaban J connectivity index is 1.82. The van der Waals surface area contributed by atoms with Gasteiger partial charge in [-0.05, 0) is 37.1 Å². The van der Waals surface area contributed by atoms with Crippen LogP contribution in [0.4, 0.5) is 0 Å². The van der Waals surface area contributed by atoms with Gasteiger partial charge in [0.1, 0.15) is 0 Å². The highest BCUT2D eigenvalue weighted by atomic mass is 35.5. The monoisotopic (exact) mass is 269 g/mol. The van der Waals surface area contributed by atoms with Crippen LogP contribution in [0.5, 0.6) is 0 Å². The predicted molar refractivity (Wildman–Crippen MR) is 72.8 cm³/mol. The van der Waals surface area contributed by atoms with E-state index < -0.39 is 6.10 Å². The average molecular weight is 270 g/mol. The second-order valence-corrected chi connectivity index (χ2v) is 5.45. The molecule has 3 nitrogen and oxygen atoms in total. The molecular weight excluding hydrogens is 250 g/mol. The average Bonchev–Trinajstić information content (AvgIpc) is 2.82. The highest BCUT2D eigenvalue weighted by Crippen LogP contribution is 2.19. The third-order valence-electron chi connectivity index (χ3n) is 3.33. The van der Waals surface area contributed by atoms with E-state index in [1.54, 1.807) is 0 Å². The lowest BCUT2D eigenvalue weighted by Crippen LogP contribution is -2.30. The molecule has 4 heteroatoms. The van der Waals surface area contributed by atoms with E-state index in [4.69, 9.17) is 16.3 Å². The van der Waals surface area contributed by atoms with Gasteiger partial charge < -0.3 is 14.7 Å². The summed E-state index contributed by atoms with van der Waals surface area (Å²) in [7, 11) is 2.04. The summed E-state index contributed by atoms with van der Waals surface area (Å²) >= 11 is 5.83. The zero-order valence-electron chi connectivity index (χ0n) is 10.7. The highest BCUT2D eigenvalue weighted by molar-refractivity contribution is 6.30. The van der Waals surface area contributed by atoms with Crippen molar-refractivity contribution in [2.45, 2.75) is 12.5 Å². The van der Waals surface area contributed by atoms with E-state index in [1.807, 2.05) is 31.3 Å². The van der Waals surface area contributed by atoms with Crippen LogP contribution in [0.3, 0.4) is 0 Å². The molecule has 0 amide bonds. The standard InChI is InChI=1S/C14H20ClNO2/c1-16(8-11-6-7-18-10-11)9-14(17)12-2-4-13(15)5-3-12/h2-5,11,14,17H,6-10H2,1H3. The predicted octanol–water partition coefficient (Wildman–Crippen LogP) is 2.34. The summed E-state index contributed by atoms with van der Waals surface area (Å²) in [4.78, 5) is 2.17. The van der Waals surface area contributed by atoms with Crippen molar-refractivity contribution < 1.29 is 9.84 Å². The molecule has 2 unspecified atom stereocenters. The lowest BCUT2D eigenvalue weighted by Gasteiger charge is -2.23. The molecule has 0 saturated carbocycles. The highest BCUT2D eigenvalue weighted by Gasteiger charge is 2.19. The minimum Gasteiger partial charge on any atom is -0.387 e. The molecule has 1 aliphatic rings. The van der Waals surface area contributed by atoms with Gasteiger partial charge in [-0.2, -0.15) is 0 Å². The Hall–Kier alpha value is -0.610. The summed E-state index contributed by atoms with van der Waals surface area (Å²) in [5, 5.41) is 10.8. The fourth-order valence-electron chi connectivity index (χ4n) is 2.33. The Morgan fingerprint density at radius 3 is 2.78 bits per heavy atom. The first kappa shape index (κ1) is 13.8. The fraction of sp³-hybridized carbons (Fsp3) is 0.571. The lowest BCUT2D eigenvalue weighted by molar-refractivity contribution is 0.113. The minimum atomic E-state index is -0.463. The molecular formula is C14H20ClNO2. The summed E-state index contributed by atoms with van der Waals surface area (Å²) in [6, 6.07) is 7.37. The van der Waals surface area contributed by atoms with Crippen LogP contribution in [0.15, 0.2) is 24.3 Å². The Morgan fingerprint density at radius 1 is 1.44 bits per heavy atom. The summed E-state index contributed by atoms with van der Waals surface area (Å²) in [6.45, 7) is 3.34. The van der Waals surface area contributed by atoms with E-state index in [0.717, 1.165) is 31.7 Å². The van der Waals surface area contributed by atoms with E-state index in [0.29, 0.717) is 17.5 Å². The topological polar surface area (TPSA) is 32.7 Å². The van der Waals surface area contributed by atoms with Gasteiger partial charge >= 0.3 is 0 Å². The van der Waals surface area contributed by atoms with Crippen molar-refractivity contribution in [2.75, 3.05) is 33.4 Å². The van der Waals surface area contributed by atoms with Gasteiger partial charge in [-0.3, -0.25) is 0 Å². The van der Waals surface area contributed by atoms with Gasteiger partial charge in [-0.15, -0.1) is 0 Å². The van der Waals surface area contributed by atoms with Crippen molar-refractivity contribution >= 4 is 11.6 Å². The molecule has 0 spiro atoms. The number of nitrogens with zero attached hydrogens (tertiary/aromatic N) is 1. The smallest absolute Gasteiger partial charge is 0.0916 e. The zero-order valence-corrected chi connectivity index (χ0v) is 11.4. The van der Waals surface area contributed by atoms with Crippen molar-refractivity contribution in [2.24, 2.45) is 5.92 Å². The number of aliphatic hydroxyl groups is 1. The first-order chi connectivity index (χ1) is 8.65. The number of hydrogen-bond acceptors (Lipinski definition) is 3. The van der Waals surface area contributed by atoms with E-state index in [-0.39, 0.29) is 0 Å². The summed E-state index contributed by atoms with van der Waals surface area (Å²) in [6.07, 6.45) is 0.663. The molecule has 1 aromatic carbocycles. The van der Waals surface area contributed by atoms with E-state index in [9.17, 15) is 5.11 Å². The van der Waals surface area contributed by atoms with Crippen LogP contribution < -0.4 is 0 Å². The maximum Gasteiger partial charge on any atom is 0.0916 e. The van der Waals surface area contributed by atoms with Crippen LogP contribution in [-0.4, -0.2) is 43.4 Å². The maximum atomic E-state index is 10.1. The van der Waals surface area contributed by atoms with Gasteiger partial charge in [-0.25, -0.2) is 0 Å². The third-order valence-corrected chi connectivity index (χ3v) is 3.59. The molecule has 1 saturated heterocycles. The molecule has 0 aliphatic carbocycles. The van der Waals surface area contributed by atoms with E-state index >= 15 is 0 Å². The molecule has 1 fully saturated rings. The minimum absolute atomic E-state index is 0.463. The van der Waals surface area contributed by atoms with Crippen LogP contribution in [0.25, 0.3) is 0 Å². The first-order valence-corrected chi connectivity index (χ1v) is 6.73. The molecule has 1 aromatic rings. The van der Waals surface area contributed by atoms with Crippen molar-refractivity contribution in [3.63, 3.8) is 0 Å². The van der Waals surface area contributed by atoms with Gasteiger partial charge in [0.15, 0.2) is 0 Å². The second-order valence-electron chi connectivity index (χ2n) is 5.02.